The van der Waals surface area contributed by atoms with Crippen LogP contribution in [0.15, 0.2) is 58.2 Å². The van der Waals surface area contributed by atoms with Crippen LogP contribution in [0.2, 0.25) is 5.02 Å². The molecule has 3 aromatic rings. The Bertz CT molecular complexity index is 993. The van der Waals surface area contributed by atoms with E-state index in [1.807, 2.05) is 19.1 Å². The summed E-state index contributed by atoms with van der Waals surface area (Å²) >= 11 is 7.23. The number of nitrogens with zero attached hydrogens (tertiary/aromatic N) is 2. The summed E-state index contributed by atoms with van der Waals surface area (Å²) in [5.41, 5.74) is 1.65. The molecule has 0 unspecified atom stereocenters. The van der Waals surface area contributed by atoms with Crippen LogP contribution in [0.4, 0.5) is 5.69 Å². The van der Waals surface area contributed by atoms with Crippen molar-refractivity contribution < 1.29 is 14.0 Å². The van der Waals surface area contributed by atoms with E-state index in [-0.39, 0.29) is 22.8 Å². The van der Waals surface area contributed by atoms with Gasteiger partial charge in [0, 0.05) is 17.8 Å². The van der Waals surface area contributed by atoms with Crippen molar-refractivity contribution in [2.24, 2.45) is 0 Å². The number of nitrogens with one attached hydrogen (secondary N) is 2. The van der Waals surface area contributed by atoms with Gasteiger partial charge in [0.15, 0.2) is 0 Å². The third-order valence-electron chi connectivity index (χ3n) is 3.58. The quantitative estimate of drug-likeness (QED) is 0.567. The molecule has 3 rings (SSSR count). The number of carbonyl (C=O) groups is 2. The van der Waals surface area contributed by atoms with Crippen LogP contribution in [-0.2, 0) is 4.79 Å². The van der Waals surface area contributed by atoms with E-state index in [0.717, 1.165) is 11.8 Å². The Balaban J connectivity index is 1.57. The maximum Gasteiger partial charge on any atom is 0.277 e. The van der Waals surface area contributed by atoms with Crippen LogP contribution < -0.4 is 10.6 Å². The molecule has 0 atom stereocenters. The number of hydrogen-bond acceptors (Lipinski definition) is 6. The Kier molecular flexibility index (Phi) is 6.67. The van der Waals surface area contributed by atoms with Crippen molar-refractivity contribution in [2.75, 3.05) is 17.6 Å². The van der Waals surface area contributed by atoms with Crippen LogP contribution in [-0.4, -0.2) is 34.3 Å². The fourth-order valence-corrected chi connectivity index (χ4v) is 3.12. The predicted octanol–water partition coefficient (Wildman–Crippen LogP) is 3.87. The predicted molar refractivity (Wildman–Crippen MR) is 109 cm³/mol. The highest BCUT2D eigenvalue weighted by molar-refractivity contribution is 7.99. The second kappa shape index (κ2) is 9.38. The molecule has 1 aromatic heterocycles. The number of carbonyl (C=O) groups excluding carboxylic acids is 2. The zero-order valence-corrected chi connectivity index (χ0v) is 16.5. The van der Waals surface area contributed by atoms with E-state index in [1.165, 1.54) is 0 Å². The highest BCUT2D eigenvalue weighted by atomic mass is 35.5. The molecule has 7 nitrogen and oxygen atoms in total. The fraction of sp³-hybridized carbons (Fsp3) is 0.158. The average Bonchev–Trinajstić information content (AvgIpc) is 3.16. The zero-order chi connectivity index (χ0) is 19.9. The number of rotatable bonds is 7. The smallest absolute Gasteiger partial charge is 0.277 e. The number of amides is 2. The number of hydrogen-bond donors (Lipinski definition) is 2. The van der Waals surface area contributed by atoms with Gasteiger partial charge in [-0.2, -0.15) is 0 Å². The molecule has 0 aliphatic rings. The van der Waals surface area contributed by atoms with Crippen molar-refractivity contribution in [3.63, 3.8) is 0 Å². The molecule has 2 aromatic carbocycles. The largest absolute Gasteiger partial charge is 0.411 e. The van der Waals surface area contributed by atoms with Gasteiger partial charge < -0.3 is 15.1 Å². The normalized spacial score (nSPS) is 10.5. The van der Waals surface area contributed by atoms with Crippen molar-refractivity contribution in [3.8, 4) is 11.5 Å². The number of aromatic nitrogens is 2. The van der Waals surface area contributed by atoms with Gasteiger partial charge in [-0.3, -0.25) is 9.59 Å². The minimum absolute atomic E-state index is 0.0789. The van der Waals surface area contributed by atoms with Crippen molar-refractivity contribution in [3.05, 3.63) is 59.1 Å². The molecule has 0 radical (unpaired) electrons. The van der Waals surface area contributed by atoms with E-state index in [4.69, 9.17) is 16.0 Å². The highest BCUT2D eigenvalue weighted by Crippen LogP contribution is 2.28. The Morgan fingerprint density at radius 1 is 1.14 bits per heavy atom. The van der Waals surface area contributed by atoms with E-state index >= 15 is 0 Å². The first-order valence-electron chi connectivity index (χ1n) is 8.46. The van der Waals surface area contributed by atoms with Crippen LogP contribution in [0.1, 0.15) is 17.3 Å². The maximum atomic E-state index is 12.2. The lowest BCUT2D eigenvalue weighted by atomic mass is 10.2. The monoisotopic (exact) mass is 416 g/mol. The van der Waals surface area contributed by atoms with E-state index in [9.17, 15) is 9.59 Å². The van der Waals surface area contributed by atoms with Gasteiger partial charge in [0.25, 0.3) is 11.1 Å². The third-order valence-corrected chi connectivity index (χ3v) is 4.73. The zero-order valence-electron chi connectivity index (χ0n) is 14.9. The Labute approximate surface area is 170 Å². The Hall–Kier alpha value is -2.84. The molecule has 0 aliphatic heterocycles. The van der Waals surface area contributed by atoms with Crippen LogP contribution >= 0.6 is 23.4 Å². The van der Waals surface area contributed by atoms with Crippen LogP contribution in [0, 0.1) is 0 Å². The van der Waals surface area contributed by atoms with Crippen molar-refractivity contribution in [1.82, 2.24) is 15.5 Å². The summed E-state index contributed by atoms with van der Waals surface area (Å²) in [4.78, 5) is 24.1. The second-order valence-corrected chi connectivity index (χ2v) is 6.96. The van der Waals surface area contributed by atoms with Gasteiger partial charge in [-0.25, -0.2) is 0 Å². The fourth-order valence-electron chi connectivity index (χ4n) is 2.34. The van der Waals surface area contributed by atoms with Gasteiger partial charge >= 0.3 is 0 Å². The van der Waals surface area contributed by atoms with E-state index < -0.39 is 0 Å². The molecule has 2 N–H and O–H groups in total. The molecule has 0 saturated carbocycles. The molecule has 0 bridgehead atoms. The molecule has 0 spiro atoms. The Morgan fingerprint density at radius 3 is 2.75 bits per heavy atom. The van der Waals surface area contributed by atoms with Crippen molar-refractivity contribution in [1.29, 1.82) is 0 Å². The molecule has 2 amide bonds. The summed E-state index contributed by atoms with van der Waals surface area (Å²) in [6, 6.07) is 13.9. The van der Waals surface area contributed by atoms with Crippen LogP contribution in [0.3, 0.4) is 0 Å². The first-order valence-corrected chi connectivity index (χ1v) is 9.82. The number of halogens is 1. The lowest BCUT2D eigenvalue weighted by Crippen LogP contribution is -2.23. The topological polar surface area (TPSA) is 97.1 Å². The summed E-state index contributed by atoms with van der Waals surface area (Å²) in [7, 11) is 0. The number of benzene rings is 2. The third kappa shape index (κ3) is 5.11. The summed E-state index contributed by atoms with van der Waals surface area (Å²) in [5, 5.41) is 14.1. The van der Waals surface area contributed by atoms with E-state index in [2.05, 4.69) is 20.8 Å². The van der Waals surface area contributed by atoms with Gasteiger partial charge in [0.2, 0.25) is 11.8 Å². The molecule has 0 aliphatic carbocycles. The first kappa shape index (κ1) is 19.9. The van der Waals surface area contributed by atoms with E-state index in [1.54, 1.807) is 36.4 Å². The Morgan fingerprint density at radius 2 is 1.96 bits per heavy atom. The summed E-state index contributed by atoms with van der Waals surface area (Å²) < 4.78 is 5.55. The van der Waals surface area contributed by atoms with Crippen LogP contribution in [0.25, 0.3) is 11.5 Å². The van der Waals surface area contributed by atoms with Gasteiger partial charge in [-0.1, -0.05) is 41.6 Å². The SMILES string of the molecule is CCNC(=O)c1cccc(NC(=O)CSc2nnc(-c3ccccc3Cl)o2)c1. The molecule has 9 heteroatoms. The molecule has 0 saturated heterocycles. The van der Waals surface area contributed by atoms with Crippen LogP contribution in [0.5, 0.6) is 0 Å². The van der Waals surface area contributed by atoms with Gasteiger partial charge in [-0.05, 0) is 37.3 Å². The maximum absolute atomic E-state index is 12.2. The number of thioether (sulfide) groups is 1. The van der Waals surface area contributed by atoms with E-state index in [0.29, 0.717) is 34.3 Å². The summed E-state index contributed by atoms with van der Waals surface area (Å²) in [6.45, 7) is 2.38. The molecule has 28 heavy (non-hydrogen) atoms. The minimum atomic E-state index is -0.254. The summed E-state index contributed by atoms with van der Waals surface area (Å²) in [5.74, 6) is -0.0696. The average molecular weight is 417 g/mol. The molecular formula is C19H17ClN4O3S. The number of anilines is 1. The highest BCUT2D eigenvalue weighted by Gasteiger charge is 2.14. The standard InChI is InChI=1S/C19H17ClN4O3S/c1-2-21-17(26)12-6-5-7-13(10-12)22-16(25)11-28-19-24-23-18(27-19)14-8-3-4-9-15(14)20/h3-10H,2,11H2,1H3,(H,21,26)(H,22,25). The lowest BCUT2D eigenvalue weighted by molar-refractivity contribution is -0.113. The van der Waals surface area contributed by atoms with Gasteiger partial charge in [0.1, 0.15) is 0 Å². The van der Waals surface area contributed by atoms with Gasteiger partial charge in [0.05, 0.1) is 16.3 Å². The summed E-state index contributed by atoms with van der Waals surface area (Å²) in [6.07, 6.45) is 0. The van der Waals surface area contributed by atoms with Crippen molar-refractivity contribution >= 4 is 40.9 Å². The molecule has 144 valence electrons. The lowest BCUT2D eigenvalue weighted by Gasteiger charge is -2.07. The van der Waals surface area contributed by atoms with Gasteiger partial charge in [-0.15, -0.1) is 10.2 Å². The minimum Gasteiger partial charge on any atom is -0.411 e. The second-order valence-electron chi connectivity index (χ2n) is 5.63. The first-order chi connectivity index (χ1) is 13.6. The van der Waals surface area contributed by atoms with Crippen molar-refractivity contribution in [2.45, 2.75) is 12.1 Å². The molecule has 1 heterocycles. The molecular weight excluding hydrogens is 400 g/mol. The molecule has 0 fully saturated rings.